The average Bonchev–Trinajstić information content (AvgIpc) is 1.25. The van der Waals surface area contributed by atoms with Gasteiger partial charge in [0.2, 0.25) is 0 Å². The zero-order chi connectivity index (χ0) is 7.15. The van der Waals surface area contributed by atoms with E-state index in [4.69, 9.17) is 19.8 Å². The van der Waals surface area contributed by atoms with Crippen LogP contribution in [0.25, 0.3) is 0 Å². The summed E-state index contributed by atoms with van der Waals surface area (Å²) in [6.07, 6.45) is 0. The third-order valence-corrected chi connectivity index (χ3v) is 0. The monoisotopic (exact) mass is 220 g/mol. The van der Waals surface area contributed by atoms with Crippen molar-refractivity contribution in [1.82, 2.24) is 0 Å². The average molecular weight is 222 g/mol. The van der Waals surface area contributed by atoms with Gasteiger partial charge in [0.15, 0.2) is 0 Å². The van der Waals surface area contributed by atoms with Gasteiger partial charge in [-0.1, -0.05) is 0 Å². The van der Waals surface area contributed by atoms with Gasteiger partial charge in [0, 0.05) is 11.9 Å². The molecular formula is C4H12O6Zn+2. The maximum absolute atomic E-state index is 8.89. The molecule has 0 aliphatic heterocycles. The first-order chi connectivity index (χ1) is 3.46. The fourth-order valence-electron chi connectivity index (χ4n) is 0. The van der Waals surface area contributed by atoms with Crippen molar-refractivity contribution in [2.45, 2.75) is 13.8 Å². The molecule has 0 aromatic carbocycles. The molecule has 6 N–H and O–H groups in total. The first-order valence-electron chi connectivity index (χ1n) is 1.82. The Balaban J connectivity index is -0.0000000171. The molecule has 0 aliphatic rings. The van der Waals surface area contributed by atoms with Gasteiger partial charge in [-0.25, -0.2) is 0 Å². The smallest absolute Gasteiger partial charge is 0.550 e. The quantitative estimate of drug-likeness (QED) is 0.300. The van der Waals surface area contributed by atoms with Crippen LogP contribution in [0.3, 0.4) is 0 Å². The zero-order valence-corrected chi connectivity index (χ0v) is 9.46. The van der Waals surface area contributed by atoms with Gasteiger partial charge < -0.3 is 30.8 Å². The van der Waals surface area contributed by atoms with Gasteiger partial charge in [-0.05, 0) is 13.8 Å². The third-order valence-electron chi connectivity index (χ3n) is 0. The van der Waals surface area contributed by atoms with Crippen molar-refractivity contribution in [1.29, 1.82) is 0 Å². The second kappa shape index (κ2) is 22.7. The molecule has 64 valence electrons. The molecule has 0 spiro atoms. The molecule has 0 saturated carbocycles. The molecular weight excluding hydrogens is 209 g/mol. The second-order valence-electron chi connectivity index (χ2n) is 0.983. The van der Waals surface area contributed by atoms with E-state index >= 15 is 0 Å². The number of hydrogen-bond donors (Lipinski definition) is 0. The zero-order valence-electron chi connectivity index (χ0n) is 6.49. The van der Waals surface area contributed by atoms with Crippen LogP contribution in [-0.2, 0) is 40.0 Å². The van der Waals surface area contributed by atoms with E-state index < -0.39 is 11.9 Å². The standard InChI is InChI=1S/2C2H4O2.2H2O.Zn/c2*1-2(3)4;;;/h2*1H3,(H,3,4);2*1H2;/q;;;;+2. The van der Waals surface area contributed by atoms with Gasteiger partial charge in [-0.15, -0.1) is 0 Å². The summed E-state index contributed by atoms with van der Waals surface area (Å²) in [7, 11) is 0. The fraction of sp³-hybridized carbons (Fsp3) is 0.500. The van der Waals surface area contributed by atoms with Crippen molar-refractivity contribution < 1.29 is 50.2 Å². The number of aliphatic carboxylic acids is 2. The molecule has 0 atom stereocenters. The second-order valence-corrected chi connectivity index (χ2v) is 0.983. The molecule has 6 nitrogen and oxygen atoms in total. The Morgan fingerprint density at radius 1 is 0.909 bits per heavy atom. The number of carbonyl (C=O) groups excluding carboxylic acids is 2. The number of carboxylic acids is 2. The minimum Gasteiger partial charge on any atom is -0.550 e. The van der Waals surface area contributed by atoms with Crippen LogP contribution in [0, 0.1) is 0 Å². The van der Waals surface area contributed by atoms with Crippen LogP contribution in [0.15, 0.2) is 0 Å². The molecule has 0 bridgehead atoms. The Labute approximate surface area is 76.6 Å². The summed E-state index contributed by atoms with van der Waals surface area (Å²) >= 11 is 0. The Bertz CT molecular complexity index is 72.6. The number of hydrogen-bond acceptors (Lipinski definition) is 4. The van der Waals surface area contributed by atoms with Crippen LogP contribution < -0.4 is 10.2 Å². The van der Waals surface area contributed by atoms with Gasteiger partial charge in [0.1, 0.15) is 0 Å². The normalized spacial score (nSPS) is 4.55. The van der Waals surface area contributed by atoms with Gasteiger partial charge in [0.25, 0.3) is 0 Å². The Kier molecular flexibility index (Phi) is 64.7. The maximum atomic E-state index is 8.89. The predicted octanol–water partition coefficient (Wildman–Crippen LogP) is -4.33. The van der Waals surface area contributed by atoms with E-state index in [0.717, 1.165) is 13.8 Å². The van der Waals surface area contributed by atoms with Crippen LogP contribution in [0.1, 0.15) is 13.8 Å². The van der Waals surface area contributed by atoms with Crippen LogP contribution in [0.2, 0.25) is 0 Å². The third kappa shape index (κ3) is 1990. The van der Waals surface area contributed by atoms with Crippen LogP contribution >= 0.6 is 0 Å². The molecule has 0 rings (SSSR count). The summed E-state index contributed by atoms with van der Waals surface area (Å²) < 4.78 is 0. The van der Waals surface area contributed by atoms with Gasteiger partial charge >= 0.3 is 19.5 Å². The minimum absolute atomic E-state index is 0. The SMILES string of the molecule is CC(=O)[O-].CC(=O)[O-].[OH3+].[OH3+].[Zn+2]. The Morgan fingerprint density at radius 2 is 0.909 bits per heavy atom. The molecule has 11 heavy (non-hydrogen) atoms. The molecule has 0 unspecified atom stereocenters. The van der Waals surface area contributed by atoms with Gasteiger partial charge in [0.05, 0.1) is 0 Å². The van der Waals surface area contributed by atoms with Crippen LogP contribution in [0.4, 0.5) is 0 Å². The summed E-state index contributed by atoms with van der Waals surface area (Å²) in [6.45, 7) is 1.94. The molecule has 0 saturated heterocycles. The van der Waals surface area contributed by atoms with Crippen LogP contribution in [0.5, 0.6) is 0 Å². The van der Waals surface area contributed by atoms with Gasteiger partial charge in [-0.2, -0.15) is 0 Å². The predicted molar refractivity (Wildman–Crippen MR) is 31.1 cm³/mol. The van der Waals surface area contributed by atoms with E-state index in [1.165, 1.54) is 0 Å². The molecule has 0 aromatic rings. The van der Waals surface area contributed by atoms with E-state index in [0.29, 0.717) is 0 Å². The molecule has 0 heterocycles. The number of carboxylic acid groups (broad SMARTS) is 2. The van der Waals surface area contributed by atoms with Crippen molar-refractivity contribution in [3.63, 3.8) is 0 Å². The molecule has 0 radical (unpaired) electrons. The summed E-state index contributed by atoms with van der Waals surface area (Å²) in [5.74, 6) is -2.17. The van der Waals surface area contributed by atoms with Crippen molar-refractivity contribution in [3.8, 4) is 0 Å². The summed E-state index contributed by atoms with van der Waals surface area (Å²) in [4.78, 5) is 17.8. The van der Waals surface area contributed by atoms with Gasteiger partial charge in [-0.3, -0.25) is 0 Å². The van der Waals surface area contributed by atoms with Crippen LogP contribution in [-0.4, -0.2) is 11.9 Å². The summed E-state index contributed by atoms with van der Waals surface area (Å²) in [5, 5.41) is 17.8. The van der Waals surface area contributed by atoms with Crippen molar-refractivity contribution in [2.24, 2.45) is 0 Å². The van der Waals surface area contributed by atoms with Crippen molar-refractivity contribution in [2.75, 3.05) is 0 Å². The minimum atomic E-state index is -1.08. The molecule has 7 heteroatoms. The molecule has 0 amide bonds. The topological polar surface area (TPSA) is 146 Å². The number of rotatable bonds is 0. The first kappa shape index (κ1) is 31.4. The number of carbonyl (C=O) groups is 2. The maximum Gasteiger partial charge on any atom is 2.00 e. The molecule has 0 aromatic heterocycles. The Hall–Kier alpha value is -0.517. The summed E-state index contributed by atoms with van der Waals surface area (Å²) in [5.41, 5.74) is 0. The van der Waals surface area contributed by atoms with E-state index in [-0.39, 0.29) is 30.4 Å². The van der Waals surface area contributed by atoms with Crippen molar-refractivity contribution in [3.05, 3.63) is 0 Å². The van der Waals surface area contributed by atoms with Crippen molar-refractivity contribution >= 4 is 11.9 Å². The largest absolute Gasteiger partial charge is 2.00 e. The summed E-state index contributed by atoms with van der Waals surface area (Å²) in [6, 6.07) is 0. The fourth-order valence-corrected chi connectivity index (χ4v) is 0. The van der Waals surface area contributed by atoms with E-state index in [9.17, 15) is 0 Å². The Morgan fingerprint density at radius 3 is 0.909 bits per heavy atom. The molecule has 0 aliphatic carbocycles. The first-order valence-corrected chi connectivity index (χ1v) is 1.82. The van der Waals surface area contributed by atoms with E-state index in [2.05, 4.69) is 0 Å². The van der Waals surface area contributed by atoms with E-state index in [1.807, 2.05) is 0 Å². The molecule has 0 fully saturated rings. The van der Waals surface area contributed by atoms with E-state index in [1.54, 1.807) is 0 Å².